The molecule has 31 heavy (non-hydrogen) atoms. The molecule has 6 nitrogen and oxygen atoms in total. The van der Waals surface area contributed by atoms with Gasteiger partial charge in [-0.2, -0.15) is 5.26 Å². The summed E-state index contributed by atoms with van der Waals surface area (Å²) in [7, 11) is 0. The first-order valence-electron chi connectivity index (χ1n) is 10.6. The van der Waals surface area contributed by atoms with Gasteiger partial charge >= 0.3 is 6.09 Å². The SMILES string of the molecule is N#Cc1ccc(N2CC(CN3CCC(c4c[nH]c5ccc(F)cc45)CC3)OC2=O)cc1. The second kappa shape index (κ2) is 8.05. The number of likely N-dealkylation sites (tertiary alicyclic amines) is 1. The number of piperidine rings is 1. The molecule has 0 spiro atoms. The van der Waals surface area contributed by atoms with Gasteiger partial charge in [0, 0.05) is 29.3 Å². The normalized spacial score (nSPS) is 20.2. The fraction of sp³-hybridized carbons (Fsp3) is 0.333. The van der Waals surface area contributed by atoms with E-state index in [2.05, 4.69) is 16.0 Å². The Hall–Kier alpha value is -3.37. The lowest BCUT2D eigenvalue weighted by molar-refractivity contribution is 0.0977. The van der Waals surface area contributed by atoms with Crippen LogP contribution in [0.1, 0.15) is 29.9 Å². The van der Waals surface area contributed by atoms with Crippen molar-refractivity contribution in [2.24, 2.45) is 0 Å². The first-order chi connectivity index (χ1) is 15.1. The third-order valence-corrected chi connectivity index (χ3v) is 6.35. The maximum absolute atomic E-state index is 13.7. The molecule has 0 saturated carbocycles. The number of aromatic amines is 1. The van der Waals surface area contributed by atoms with Gasteiger partial charge in [0.1, 0.15) is 11.9 Å². The van der Waals surface area contributed by atoms with Crippen molar-refractivity contribution in [3.05, 3.63) is 65.6 Å². The van der Waals surface area contributed by atoms with Crippen LogP contribution in [0.25, 0.3) is 10.9 Å². The molecule has 2 saturated heterocycles. The van der Waals surface area contributed by atoms with Gasteiger partial charge in [-0.15, -0.1) is 0 Å². The fourth-order valence-electron chi connectivity index (χ4n) is 4.71. The average Bonchev–Trinajstić information content (AvgIpc) is 3.37. The molecule has 2 aliphatic rings. The number of carbonyl (C=O) groups is 1. The van der Waals surface area contributed by atoms with Gasteiger partial charge in [-0.1, -0.05) is 0 Å². The van der Waals surface area contributed by atoms with Crippen LogP contribution in [0, 0.1) is 17.1 Å². The number of nitriles is 1. The quantitative estimate of drug-likeness (QED) is 0.682. The first kappa shape index (κ1) is 19.6. The predicted molar refractivity (Wildman–Crippen MR) is 115 cm³/mol. The minimum Gasteiger partial charge on any atom is -0.443 e. The molecule has 158 valence electrons. The molecular formula is C24H23FN4O2. The summed E-state index contributed by atoms with van der Waals surface area (Å²) in [5.74, 6) is 0.189. The van der Waals surface area contributed by atoms with Crippen LogP contribution >= 0.6 is 0 Å². The lowest BCUT2D eigenvalue weighted by atomic mass is 9.89. The van der Waals surface area contributed by atoms with Crippen LogP contribution in [0.2, 0.25) is 0 Å². The summed E-state index contributed by atoms with van der Waals surface area (Å²) in [5, 5.41) is 9.91. The van der Waals surface area contributed by atoms with Gasteiger partial charge in [0.05, 0.1) is 18.2 Å². The largest absolute Gasteiger partial charge is 0.443 e. The number of anilines is 1. The molecule has 1 amide bonds. The van der Waals surface area contributed by atoms with Gasteiger partial charge in [-0.25, -0.2) is 9.18 Å². The van der Waals surface area contributed by atoms with Gasteiger partial charge in [-0.3, -0.25) is 9.80 Å². The number of benzene rings is 2. The highest BCUT2D eigenvalue weighted by Gasteiger charge is 2.34. The van der Waals surface area contributed by atoms with Gasteiger partial charge in [0.15, 0.2) is 0 Å². The summed E-state index contributed by atoms with van der Waals surface area (Å²) in [6, 6.07) is 13.9. The van der Waals surface area contributed by atoms with E-state index in [4.69, 9.17) is 10.00 Å². The van der Waals surface area contributed by atoms with E-state index < -0.39 is 0 Å². The third-order valence-electron chi connectivity index (χ3n) is 6.35. The van der Waals surface area contributed by atoms with E-state index in [-0.39, 0.29) is 18.0 Å². The molecule has 3 aromatic rings. The number of cyclic esters (lactones) is 1. The summed E-state index contributed by atoms with van der Waals surface area (Å²) >= 11 is 0. The van der Waals surface area contributed by atoms with Crippen LogP contribution in [-0.2, 0) is 4.74 Å². The first-order valence-corrected chi connectivity index (χ1v) is 10.6. The number of carbonyl (C=O) groups excluding carboxylic acids is 1. The van der Waals surface area contributed by atoms with E-state index in [9.17, 15) is 9.18 Å². The maximum Gasteiger partial charge on any atom is 0.414 e. The number of aromatic nitrogens is 1. The molecule has 0 bridgehead atoms. The fourth-order valence-corrected chi connectivity index (χ4v) is 4.71. The number of ether oxygens (including phenoxy) is 1. The van der Waals surface area contributed by atoms with Gasteiger partial charge < -0.3 is 9.72 Å². The van der Waals surface area contributed by atoms with E-state index in [0.717, 1.165) is 42.5 Å². The Balaban J connectivity index is 1.18. The van der Waals surface area contributed by atoms with Crippen molar-refractivity contribution in [2.45, 2.75) is 24.9 Å². The van der Waals surface area contributed by atoms with E-state index >= 15 is 0 Å². The number of rotatable bonds is 4. The van der Waals surface area contributed by atoms with Crippen LogP contribution in [-0.4, -0.2) is 48.3 Å². The molecule has 1 aromatic heterocycles. The number of amides is 1. The Kier molecular flexibility index (Phi) is 5.08. The maximum atomic E-state index is 13.7. The molecule has 1 atom stereocenters. The van der Waals surface area contributed by atoms with E-state index in [1.165, 1.54) is 11.6 Å². The Morgan fingerprint density at radius 2 is 1.94 bits per heavy atom. The van der Waals surface area contributed by atoms with Crippen LogP contribution in [0.3, 0.4) is 0 Å². The Morgan fingerprint density at radius 3 is 2.68 bits per heavy atom. The molecule has 1 N–H and O–H groups in total. The van der Waals surface area contributed by atoms with E-state index in [0.29, 0.717) is 24.6 Å². The minimum atomic E-state index is -0.342. The molecule has 2 aliphatic heterocycles. The lowest BCUT2D eigenvalue weighted by Gasteiger charge is -2.32. The number of nitrogens with one attached hydrogen (secondary N) is 1. The molecular weight excluding hydrogens is 395 g/mol. The Morgan fingerprint density at radius 1 is 1.16 bits per heavy atom. The van der Waals surface area contributed by atoms with E-state index in [1.807, 2.05) is 6.20 Å². The third kappa shape index (κ3) is 3.87. The molecule has 0 aliphatic carbocycles. The number of hydrogen-bond donors (Lipinski definition) is 1. The summed E-state index contributed by atoms with van der Waals surface area (Å²) < 4.78 is 19.3. The second-order valence-electron chi connectivity index (χ2n) is 8.28. The molecule has 0 radical (unpaired) electrons. The van der Waals surface area contributed by atoms with Crippen LogP contribution < -0.4 is 4.90 Å². The second-order valence-corrected chi connectivity index (χ2v) is 8.28. The number of H-pyrrole nitrogens is 1. The number of hydrogen-bond acceptors (Lipinski definition) is 4. The highest BCUT2D eigenvalue weighted by atomic mass is 19.1. The molecule has 7 heteroatoms. The van der Waals surface area contributed by atoms with Crippen molar-refractivity contribution in [1.29, 1.82) is 5.26 Å². The van der Waals surface area contributed by atoms with Crippen LogP contribution in [0.4, 0.5) is 14.9 Å². The standard InChI is InChI=1S/C24H23FN4O2/c25-18-3-6-23-21(11-18)22(13-27-23)17-7-9-28(10-8-17)14-20-15-29(24(30)31-20)19-4-1-16(12-26)2-5-19/h1-6,11,13,17,20,27H,7-10,14-15H2. The zero-order valence-electron chi connectivity index (χ0n) is 17.1. The minimum absolute atomic E-state index is 0.179. The Labute approximate surface area is 179 Å². The highest BCUT2D eigenvalue weighted by Crippen LogP contribution is 2.34. The van der Waals surface area contributed by atoms with Crippen molar-refractivity contribution >= 4 is 22.7 Å². The van der Waals surface area contributed by atoms with Gasteiger partial charge in [0.25, 0.3) is 0 Å². The van der Waals surface area contributed by atoms with Crippen LogP contribution in [0.5, 0.6) is 0 Å². The monoisotopic (exact) mass is 418 g/mol. The van der Waals surface area contributed by atoms with Crippen LogP contribution in [0.15, 0.2) is 48.7 Å². The van der Waals surface area contributed by atoms with Crippen molar-refractivity contribution in [2.75, 3.05) is 31.1 Å². The molecule has 5 rings (SSSR count). The number of halogens is 1. The summed E-state index contributed by atoms with van der Waals surface area (Å²) in [4.78, 5) is 19.5. The average molecular weight is 418 g/mol. The molecule has 2 fully saturated rings. The Bertz CT molecular complexity index is 1140. The molecule has 2 aromatic carbocycles. The summed E-state index contributed by atoms with van der Waals surface area (Å²) in [6.45, 7) is 3.04. The summed E-state index contributed by atoms with van der Waals surface area (Å²) in [6.07, 6.45) is 3.47. The van der Waals surface area contributed by atoms with Crippen molar-refractivity contribution < 1.29 is 13.9 Å². The van der Waals surface area contributed by atoms with Gasteiger partial charge in [0.2, 0.25) is 0 Å². The lowest BCUT2D eigenvalue weighted by Crippen LogP contribution is -2.39. The van der Waals surface area contributed by atoms with Crippen molar-refractivity contribution in [3.8, 4) is 6.07 Å². The van der Waals surface area contributed by atoms with Crippen molar-refractivity contribution in [3.63, 3.8) is 0 Å². The van der Waals surface area contributed by atoms with Gasteiger partial charge in [-0.05, 0) is 79.9 Å². The number of fused-ring (bicyclic) bond motifs is 1. The molecule has 3 heterocycles. The highest BCUT2D eigenvalue weighted by molar-refractivity contribution is 5.89. The zero-order chi connectivity index (χ0) is 21.4. The topological polar surface area (TPSA) is 72.4 Å². The van der Waals surface area contributed by atoms with E-state index in [1.54, 1.807) is 41.3 Å². The summed E-state index contributed by atoms with van der Waals surface area (Å²) in [5.41, 5.74) is 3.47. The van der Waals surface area contributed by atoms with Crippen molar-refractivity contribution in [1.82, 2.24) is 9.88 Å². The zero-order valence-corrected chi connectivity index (χ0v) is 17.1. The predicted octanol–water partition coefficient (Wildman–Crippen LogP) is 4.38. The number of nitrogens with zero attached hydrogens (tertiary/aromatic N) is 3. The smallest absolute Gasteiger partial charge is 0.414 e. The molecule has 1 unspecified atom stereocenters.